The predicted molar refractivity (Wildman–Crippen MR) is 62.3 cm³/mol. The Balaban J connectivity index is 2.38. The van der Waals surface area contributed by atoms with Gasteiger partial charge in [-0.2, -0.15) is 13.2 Å². The highest BCUT2D eigenvalue weighted by atomic mass is 35.5. The number of phenolic OH excluding ortho intramolecular Hbond substituents is 1. The Labute approximate surface area is 112 Å². The van der Waals surface area contributed by atoms with Crippen molar-refractivity contribution in [2.24, 2.45) is 0 Å². The van der Waals surface area contributed by atoms with Gasteiger partial charge >= 0.3 is 6.18 Å². The lowest BCUT2D eigenvalue weighted by molar-refractivity contribution is -0.173. The lowest BCUT2D eigenvalue weighted by Gasteiger charge is -2.09. The van der Waals surface area contributed by atoms with Gasteiger partial charge in [0.25, 0.3) is 5.91 Å². The molecule has 106 valence electrons. The van der Waals surface area contributed by atoms with Crippen molar-refractivity contribution in [3.63, 3.8) is 0 Å². The van der Waals surface area contributed by atoms with Crippen molar-refractivity contribution in [3.05, 3.63) is 28.8 Å². The van der Waals surface area contributed by atoms with E-state index in [0.717, 1.165) is 6.07 Å². The number of aromatic hydroxyl groups is 1. The number of rotatable bonds is 5. The fourth-order valence-corrected chi connectivity index (χ4v) is 1.41. The molecule has 0 radical (unpaired) electrons. The average Bonchev–Trinajstić information content (AvgIpc) is 2.30. The summed E-state index contributed by atoms with van der Waals surface area (Å²) in [5, 5.41) is 11.7. The van der Waals surface area contributed by atoms with Gasteiger partial charge in [0.15, 0.2) is 0 Å². The first-order valence-electron chi connectivity index (χ1n) is 5.21. The Morgan fingerprint density at radius 1 is 1.42 bits per heavy atom. The molecule has 0 spiro atoms. The Kier molecular flexibility index (Phi) is 5.44. The fraction of sp³-hybridized carbons (Fsp3) is 0.364. The number of alkyl halides is 3. The van der Waals surface area contributed by atoms with Crippen molar-refractivity contribution in [1.29, 1.82) is 0 Å². The first kappa shape index (κ1) is 15.6. The van der Waals surface area contributed by atoms with Gasteiger partial charge in [0, 0.05) is 6.54 Å². The quantitative estimate of drug-likeness (QED) is 0.820. The molecule has 0 aliphatic carbocycles. The molecule has 0 atom stereocenters. The summed E-state index contributed by atoms with van der Waals surface area (Å²) >= 11 is 5.74. The van der Waals surface area contributed by atoms with Crippen molar-refractivity contribution < 1.29 is 27.8 Å². The van der Waals surface area contributed by atoms with E-state index >= 15 is 0 Å². The molecular formula is C11H11ClF3NO3. The first-order chi connectivity index (χ1) is 8.79. The van der Waals surface area contributed by atoms with Crippen molar-refractivity contribution in [2.45, 2.75) is 6.18 Å². The molecule has 1 rings (SSSR count). The normalized spacial score (nSPS) is 11.4. The molecule has 2 N–H and O–H groups in total. The van der Waals surface area contributed by atoms with E-state index in [9.17, 15) is 23.1 Å². The number of hydrogen-bond acceptors (Lipinski definition) is 3. The number of halogens is 4. The maximum absolute atomic E-state index is 11.7. The summed E-state index contributed by atoms with van der Waals surface area (Å²) in [6, 6.07) is 3.81. The lowest BCUT2D eigenvalue weighted by atomic mass is 10.2. The Bertz CT molecular complexity index is 451. The van der Waals surface area contributed by atoms with Crippen LogP contribution in [0.15, 0.2) is 18.2 Å². The monoisotopic (exact) mass is 297 g/mol. The summed E-state index contributed by atoms with van der Waals surface area (Å²) in [5.41, 5.74) is 0.0393. The van der Waals surface area contributed by atoms with Crippen LogP contribution in [0.2, 0.25) is 5.02 Å². The molecule has 0 unspecified atom stereocenters. The average molecular weight is 298 g/mol. The molecule has 1 aromatic carbocycles. The zero-order valence-corrected chi connectivity index (χ0v) is 10.4. The minimum Gasteiger partial charge on any atom is -0.508 e. The van der Waals surface area contributed by atoms with E-state index < -0.39 is 18.7 Å². The van der Waals surface area contributed by atoms with Crippen LogP contribution in [0, 0.1) is 0 Å². The van der Waals surface area contributed by atoms with Crippen LogP contribution in [0.5, 0.6) is 5.75 Å². The van der Waals surface area contributed by atoms with E-state index in [1.807, 2.05) is 0 Å². The molecule has 0 aliphatic heterocycles. The van der Waals surface area contributed by atoms with Crippen LogP contribution in [0.4, 0.5) is 13.2 Å². The molecule has 0 fully saturated rings. The zero-order chi connectivity index (χ0) is 14.5. The van der Waals surface area contributed by atoms with Crippen molar-refractivity contribution in [2.75, 3.05) is 19.8 Å². The largest absolute Gasteiger partial charge is 0.508 e. The summed E-state index contributed by atoms with van der Waals surface area (Å²) in [6.07, 6.45) is -4.39. The summed E-state index contributed by atoms with van der Waals surface area (Å²) < 4.78 is 39.6. The summed E-state index contributed by atoms with van der Waals surface area (Å²) in [5.74, 6) is -0.737. The number of phenols is 1. The molecule has 0 aromatic heterocycles. The molecule has 0 saturated heterocycles. The van der Waals surface area contributed by atoms with Gasteiger partial charge in [0.05, 0.1) is 17.2 Å². The van der Waals surface area contributed by atoms with Crippen molar-refractivity contribution >= 4 is 17.5 Å². The number of benzene rings is 1. The molecule has 8 heteroatoms. The molecule has 4 nitrogen and oxygen atoms in total. The molecule has 0 heterocycles. The molecule has 0 bridgehead atoms. The van der Waals surface area contributed by atoms with Crippen LogP contribution in [-0.2, 0) is 4.74 Å². The van der Waals surface area contributed by atoms with E-state index in [1.54, 1.807) is 0 Å². The number of nitrogens with one attached hydrogen (secondary N) is 1. The van der Waals surface area contributed by atoms with E-state index in [4.69, 9.17) is 11.6 Å². The lowest BCUT2D eigenvalue weighted by Crippen LogP contribution is -2.29. The number of amides is 1. The summed E-state index contributed by atoms with van der Waals surface area (Å²) in [7, 11) is 0. The van der Waals surface area contributed by atoms with Gasteiger partial charge in [-0.1, -0.05) is 11.6 Å². The van der Waals surface area contributed by atoms with Gasteiger partial charge < -0.3 is 15.2 Å². The van der Waals surface area contributed by atoms with E-state index in [1.165, 1.54) is 12.1 Å². The third-order valence-electron chi connectivity index (χ3n) is 1.99. The Morgan fingerprint density at radius 3 is 2.74 bits per heavy atom. The predicted octanol–water partition coefficient (Wildman–Crippen LogP) is 2.35. The molecular weight excluding hydrogens is 287 g/mol. The van der Waals surface area contributed by atoms with Gasteiger partial charge in [-0.05, 0) is 18.2 Å². The minimum atomic E-state index is -4.39. The number of hydrogen-bond donors (Lipinski definition) is 2. The van der Waals surface area contributed by atoms with Gasteiger partial charge in [0.2, 0.25) is 0 Å². The molecule has 1 amide bonds. The standard InChI is InChI=1S/C11H11ClF3NO3/c12-9-2-1-7(17)5-8(9)10(18)16-3-4-19-6-11(13,14)15/h1-2,5,17H,3-4,6H2,(H,16,18). The van der Waals surface area contributed by atoms with E-state index in [2.05, 4.69) is 10.1 Å². The fourth-order valence-electron chi connectivity index (χ4n) is 1.21. The first-order valence-corrected chi connectivity index (χ1v) is 5.58. The van der Waals surface area contributed by atoms with Crippen LogP contribution in [0.25, 0.3) is 0 Å². The van der Waals surface area contributed by atoms with Crippen LogP contribution in [0.1, 0.15) is 10.4 Å². The third kappa shape index (κ3) is 5.80. The van der Waals surface area contributed by atoms with Crippen LogP contribution < -0.4 is 5.32 Å². The van der Waals surface area contributed by atoms with E-state index in [-0.39, 0.29) is 29.5 Å². The molecule has 19 heavy (non-hydrogen) atoms. The maximum atomic E-state index is 11.7. The van der Waals surface area contributed by atoms with Crippen LogP contribution in [0.3, 0.4) is 0 Å². The van der Waals surface area contributed by atoms with Gasteiger partial charge in [0.1, 0.15) is 12.4 Å². The smallest absolute Gasteiger partial charge is 0.411 e. The number of ether oxygens (including phenoxy) is 1. The highest BCUT2D eigenvalue weighted by molar-refractivity contribution is 6.33. The second-order valence-electron chi connectivity index (χ2n) is 3.59. The summed E-state index contributed by atoms with van der Waals surface area (Å²) in [4.78, 5) is 11.6. The second-order valence-corrected chi connectivity index (χ2v) is 4.00. The number of carbonyl (C=O) groups is 1. The highest BCUT2D eigenvalue weighted by Gasteiger charge is 2.27. The third-order valence-corrected chi connectivity index (χ3v) is 2.32. The Morgan fingerprint density at radius 2 is 2.11 bits per heavy atom. The van der Waals surface area contributed by atoms with Gasteiger partial charge in [-0.25, -0.2) is 0 Å². The van der Waals surface area contributed by atoms with Gasteiger partial charge in [-0.3, -0.25) is 4.79 Å². The molecule has 0 saturated carbocycles. The molecule has 1 aromatic rings. The van der Waals surface area contributed by atoms with Crippen LogP contribution >= 0.6 is 11.6 Å². The second kappa shape index (κ2) is 6.63. The Hall–Kier alpha value is -1.47. The van der Waals surface area contributed by atoms with Crippen molar-refractivity contribution in [3.8, 4) is 5.75 Å². The zero-order valence-electron chi connectivity index (χ0n) is 9.63. The van der Waals surface area contributed by atoms with E-state index in [0.29, 0.717) is 0 Å². The topological polar surface area (TPSA) is 58.6 Å². The summed E-state index contributed by atoms with van der Waals surface area (Å²) in [6.45, 7) is -1.74. The number of carbonyl (C=O) groups excluding carboxylic acids is 1. The SMILES string of the molecule is O=C(NCCOCC(F)(F)F)c1cc(O)ccc1Cl. The highest BCUT2D eigenvalue weighted by Crippen LogP contribution is 2.20. The van der Waals surface area contributed by atoms with Crippen molar-refractivity contribution in [1.82, 2.24) is 5.32 Å². The molecule has 0 aliphatic rings. The van der Waals surface area contributed by atoms with Crippen LogP contribution in [-0.4, -0.2) is 36.9 Å². The minimum absolute atomic E-state index is 0.0393. The maximum Gasteiger partial charge on any atom is 0.411 e. The van der Waals surface area contributed by atoms with Gasteiger partial charge in [-0.15, -0.1) is 0 Å².